The Hall–Kier alpha value is -0.870. The third kappa shape index (κ3) is 2.77. The summed E-state index contributed by atoms with van der Waals surface area (Å²) in [6.45, 7) is 0. The third-order valence-electron chi connectivity index (χ3n) is 3.98. The summed E-state index contributed by atoms with van der Waals surface area (Å²) in [6.07, 6.45) is 1.17. The molecule has 0 saturated heterocycles. The largest absolute Gasteiger partial charge is 0.271 e. The van der Waals surface area contributed by atoms with Crippen LogP contribution < -0.4 is 11.3 Å². The van der Waals surface area contributed by atoms with Crippen LogP contribution in [-0.4, -0.2) is 0 Å². The van der Waals surface area contributed by atoms with Crippen LogP contribution in [0.5, 0.6) is 0 Å². The van der Waals surface area contributed by atoms with Crippen molar-refractivity contribution in [3.8, 4) is 0 Å². The third-order valence-corrected chi connectivity index (χ3v) is 5.19. The van der Waals surface area contributed by atoms with Crippen molar-refractivity contribution in [1.82, 2.24) is 5.43 Å². The molecule has 3 N–H and O–H groups in total. The first-order valence-corrected chi connectivity index (χ1v) is 7.84. The maximum Gasteiger partial charge on any atom is 0.0548 e. The fourth-order valence-electron chi connectivity index (χ4n) is 2.84. The molecule has 1 aliphatic carbocycles. The molecule has 3 unspecified atom stereocenters. The Morgan fingerprint density at radius 2 is 1.95 bits per heavy atom. The lowest BCUT2D eigenvalue weighted by Crippen LogP contribution is -2.29. The highest BCUT2D eigenvalue weighted by molar-refractivity contribution is 9.10. The van der Waals surface area contributed by atoms with Crippen molar-refractivity contribution in [2.24, 2.45) is 11.8 Å². The smallest absolute Gasteiger partial charge is 0.0548 e. The van der Waals surface area contributed by atoms with Crippen LogP contribution in [0.25, 0.3) is 0 Å². The second-order valence-electron chi connectivity index (χ2n) is 5.23. The van der Waals surface area contributed by atoms with Gasteiger partial charge in [-0.15, -0.1) is 0 Å². The van der Waals surface area contributed by atoms with E-state index in [4.69, 9.17) is 17.4 Å². The molecule has 4 heteroatoms. The normalized spacial score (nSPS) is 22.6. The Bertz CT molecular complexity index is 603. The van der Waals surface area contributed by atoms with E-state index in [0.717, 1.165) is 9.50 Å². The van der Waals surface area contributed by atoms with Crippen LogP contribution in [0, 0.1) is 5.92 Å². The summed E-state index contributed by atoms with van der Waals surface area (Å²) in [4.78, 5) is 0. The molecule has 104 valence electrons. The van der Waals surface area contributed by atoms with Crippen molar-refractivity contribution in [2.45, 2.75) is 18.4 Å². The number of hydrogen-bond acceptors (Lipinski definition) is 2. The number of halogens is 2. The highest BCUT2D eigenvalue weighted by Gasteiger charge is 2.44. The van der Waals surface area contributed by atoms with Gasteiger partial charge in [0.2, 0.25) is 0 Å². The Labute approximate surface area is 132 Å². The van der Waals surface area contributed by atoms with E-state index in [0.29, 0.717) is 11.8 Å². The average Bonchev–Trinajstić information content (AvgIpc) is 3.25. The van der Waals surface area contributed by atoms with Crippen LogP contribution in [0.2, 0.25) is 5.02 Å². The molecule has 0 spiro atoms. The molecule has 0 bridgehead atoms. The maximum absolute atomic E-state index is 6.05. The minimum atomic E-state index is 0.161. The van der Waals surface area contributed by atoms with Gasteiger partial charge in [-0.25, -0.2) is 0 Å². The number of benzene rings is 2. The summed E-state index contributed by atoms with van der Waals surface area (Å²) in [7, 11) is 0. The fraction of sp³-hybridized carbons (Fsp3) is 0.250. The Morgan fingerprint density at radius 3 is 2.60 bits per heavy atom. The number of hydrogen-bond donors (Lipinski definition) is 2. The zero-order valence-corrected chi connectivity index (χ0v) is 13.2. The lowest BCUT2D eigenvalue weighted by Gasteiger charge is -2.17. The molecule has 3 rings (SSSR count). The molecule has 2 aromatic carbocycles. The van der Waals surface area contributed by atoms with Gasteiger partial charge in [0.15, 0.2) is 0 Å². The van der Waals surface area contributed by atoms with Crippen LogP contribution in [0.4, 0.5) is 0 Å². The quantitative estimate of drug-likeness (QED) is 0.632. The second kappa shape index (κ2) is 5.86. The topological polar surface area (TPSA) is 38.0 Å². The van der Waals surface area contributed by atoms with E-state index >= 15 is 0 Å². The SMILES string of the molecule is NNC(c1ccc(Cl)c(Br)c1)C1CC1c1ccccc1. The summed E-state index contributed by atoms with van der Waals surface area (Å²) < 4.78 is 0.911. The number of nitrogens with two attached hydrogens (primary N) is 1. The van der Waals surface area contributed by atoms with Gasteiger partial charge in [-0.3, -0.25) is 11.3 Å². The lowest BCUT2D eigenvalue weighted by molar-refractivity contribution is 0.487. The van der Waals surface area contributed by atoms with E-state index in [2.05, 4.69) is 51.7 Å². The number of hydrazine groups is 1. The lowest BCUT2D eigenvalue weighted by atomic mass is 9.99. The molecular weight excluding hydrogens is 336 g/mol. The van der Waals surface area contributed by atoms with Crippen LogP contribution in [-0.2, 0) is 0 Å². The van der Waals surface area contributed by atoms with E-state index in [1.165, 1.54) is 17.5 Å². The predicted molar refractivity (Wildman–Crippen MR) is 86.5 cm³/mol. The van der Waals surface area contributed by atoms with Gasteiger partial charge in [-0.2, -0.15) is 0 Å². The molecule has 0 heterocycles. The second-order valence-corrected chi connectivity index (χ2v) is 6.50. The molecule has 1 saturated carbocycles. The van der Waals surface area contributed by atoms with E-state index in [9.17, 15) is 0 Å². The van der Waals surface area contributed by atoms with Crippen molar-refractivity contribution >= 4 is 27.5 Å². The van der Waals surface area contributed by atoms with Crippen molar-refractivity contribution in [3.63, 3.8) is 0 Å². The number of nitrogens with one attached hydrogen (secondary N) is 1. The molecule has 0 radical (unpaired) electrons. The first-order chi connectivity index (χ1) is 9.70. The molecule has 2 nitrogen and oxygen atoms in total. The highest BCUT2D eigenvalue weighted by Crippen LogP contribution is 2.54. The van der Waals surface area contributed by atoms with Crippen LogP contribution in [0.15, 0.2) is 53.0 Å². The van der Waals surface area contributed by atoms with Gasteiger partial charge in [0.25, 0.3) is 0 Å². The first kappa shape index (κ1) is 14.1. The minimum absolute atomic E-state index is 0.161. The Kier molecular flexibility index (Phi) is 4.13. The van der Waals surface area contributed by atoms with E-state index in [1.54, 1.807) is 0 Å². The number of rotatable bonds is 4. The zero-order chi connectivity index (χ0) is 14.1. The molecule has 3 atom stereocenters. The van der Waals surface area contributed by atoms with Crippen molar-refractivity contribution in [1.29, 1.82) is 0 Å². The predicted octanol–water partition coefficient (Wildman–Crippen LogP) is 4.41. The van der Waals surface area contributed by atoms with E-state index in [-0.39, 0.29) is 6.04 Å². The zero-order valence-electron chi connectivity index (χ0n) is 10.9. The minimum Gasteiger partial charge on any atom is -0.271 e. The summed E-state index contributed by atoms with van der Waals surface area (Å²) in [5.41, 5.74) is 5.53. The van der Waals surface area contributed by atoms with Crippen molar-refractivity contribution in [2.75, 3.05) is 0 Å². The molecule has 0 amide bonds. The summed E-state index contributed by atoms with van der Waals surface area (Å²) in [5, 5.41) is 0.722. The molecule has 2 aromatic rings. The van der Waals surface area contributed by atoms with Gasteiger partial charge in [0.1, 0.15) is 0 Å². The Morgan fingerprint density at radius 1 is 1.20 bits per heavy atom. The van der Waals surface area contributed by atoms with Crippen molar-refractivity contribution in [3.05, 3.63) is 69.2 Å². The standard InChI is InChI=1S/C16H16BrClN2/c17-14-8-11(6-7-15(14)18)16(20-19)13-9-12(13)10-4-2-1-3-5-10/h1-8,12-13,16,20H,9,19H2. The first-order valence-electron chi connectivity index (χ1n) is 6.66. The van der Waals surface area contributed by atoms with Gasteiger partial charge in [0, 0.05) is 10.5 Å². The average molecular weight is 352 g/mol. The summed E-state index contributed by atoms with van der Waals surface area (Å²) in [6, 6.07) is 16.8. The van der Waals surface area contributed by atoms with Crippen LogP contribution >= 0.6 is 27.5 Å². The summed E-state index contributed by atoms with van der Waals surface area (Å²) >= 11 is 9.52. The molecule has 0 aromatic heterocycles. The van der Waals surface area contributed by atoms with E-state index < -0.39 is 0 Å². The maximum atomic E-state index is 6.05. The monoisotopic (exact) mass is 350 g/mol. The highest BCUT2D eigenvalue weighted by atomic mass is 79.9. The molecule has 20 heavy (non-hydrogen) atoms. The van der Waals surface area contributed by atoms with Gasteiger partial charge in [0.05, 0.1) is 5.02 Å². The van der Waals surface area contributed by atoms with Gasteiger partial charge in [-0.1, -0.05) is 48.0 Å². The van der Waals surface area contributed by atoms with Gasteiger partial charge in [-0.05, 0) is 57.4 Å². The molecule has 0 aliphatic heterocycles. The fourth-order valence-corrected chi connectivity index (χ4v) is 3.35. The van der Waals surface area contributed by atoms with Crippen LogP contribution in [0.1, 0.15) is 29.5 Å². The summed E-state index contributed by atoms with van der Waals surface area (Å²) in [5.74, 6) is 6.90. The Balaban J connectivity index is 1.80. The van der Waals surface area contributed by atoms with Crippen molar-refractivity contribution < 1.29 is 0 Å². The van der Waals surface area contributed by atoms with Gasteiger partial charge >= 0.3 is 0 Å². The molecular formula is C16H16BrClN2. The van der Waals surface area contributed by atoms with Gasteiger partial charge < -0.3 is 0 Å². The van der Waals surface area contributed by atoms with Crippen LogP contribution in [0.3, 0.4) is 0 Å². The van der Waals surface area contributed by atoms with E-state index in [1.807, 2.05) is 18.2 Å². The molecule has 1 aliphatic rings. The molecule has 1 fully saturated rings.